The minimum Gasteiger partial charge on any atom is -0.369 e. The molecule has 0 saturated carbocycles. The molecule has 1 amide bonds. The van der Waals surface area contributed by atoms with Crippen LogP contribution in [0.2, 0.25) is 5.02 Å². The van der Waals surface area contributed by atoms with Gasteiger partial charge in [-0.1, -0.05) is 18.5 Å². The summed E-state index contributed by atoms with van der Waals surface area (Å²) in [6, 6.07) is 1.75. The molecule has 2 saturated heterocycles. The van der Waals surface area contributed by atoms with Gasteiger partial charge in [0.2, 0.25) is 0 Å². The van der Waals surface area contributed by atoms with Crippen LogP contribution in [0.4, 0.5) is 5.82 Å². The first kappa shape index (κ1) is 19.4. The van der Waals surface area contributed by atoms with Gasteiger partial charge in [0.05, 0.1) is 10.6 Å². The quantitative estimate of drug-likeness (QED) is 0.763. The van der Waals surface area contributed by atoms with Gasteiger partial charge >= 0.3 is 0 Å². The van der Waals surface area contributed by atoms with E-state index in [4.69, 9.17) is 11.6 Å². The Hall–Kier alpha value is -1.33. The largest absolute Gasteiger partial charge is 0.369 e. The minimum absolute atomic E-state index is 0.0463. The van der Waals surface area contributed by atoms with Gasteiger partial charge in [0.1, 0.15) is 5.82 Å². The van der Waals surface area contributed by atoms with Crippen molar-refractivity contribution in [2.24, 2.45) is 5.92 Å². The van der Waals surface area contributed by atoms with E-state index in [2.05, 4.69) is 22.1 Å². The molecule has 0 bridgehead atoms. The number of piperidine rings is 2. The molecule has 5 nitrogen and oxygen atoms in total. The number of halogens is 1. The van der Waals surface area contributed by atoms with Crippen molar-refractivity contribution in [2.45, 2.75) is 45.4 Å². The highest BCUT2D eigenvalue weighted by Gasteiger charge is 2.19. The van der Waals surface area contributed by atoms with E-state index in [0.717, 1.165) is 51.4 Å². The number of rotatable bonds is 6. The first-order chi connectivity index (χ1) is 12.6. The minimum atomic E-state index is 0.0463. The lowest BCUT2D eigenvalue weighted by Crippen LogP contribution is -2.35. The summed E-state index contributed by atoms with van der Waals surface area (Å²) in [7, 11) is 0. The van der Waals surface area contributed by atoms with Gasteiger partial charge in [0.15, 0.2) is 0 Å². The Balaban J connectivity index is 1.44. The van der Waals surface area contributed by atoms with Crippen molar-refractivity contribution in [3.8, 4) is 0 Å². The molecule has 2 fully saturated rings. The summed E-state index contributed by atoms with van der Waals surface area (Å²) in [5.41, 5.74) is 0.588. The van der Waals surface area contributed by atoms with E-state index < -0.39 is 0 Å². The van der Waals surface area contributed by atoms with Crippen LogP contribution >= 0.6 is 11.6 Å². The average Bonchev–Trinajstić information content (AvgIpc) is 2.67. The van der Waals surface area contributed by atoms with Crippen LogP contribution in [-0.2, 0) is 0 Å². The Labute approximate surface area is 162 Å². The fourth-order valence-electron chi connectivity index (χ4n) is 3.76. The van der Waals surface area contributed by atoms with Gasteiger partial charge in [-0.05, 0) is 70.1 Å². The van der Waals surface area contributed by atoms with Crippen molar-refractivity contribution >= 4 is 23.3 Å². The maximum absolute atomic E-state index is 12.5. The highest BCUT2D eigenvalue weighted by atomic mass is 35.5. The molecular weight excluding hydrogens is 348 g/mol. The lowest BCUT2D eigenvalue weighted by atomic mass is 9.99. The van der Waals surface area contributed by atoms with Gasteiger partial charge in [0, 0.05) is 25.8 Å². The summed E-state index contributed by atoms with van der Waals surface area (Å²) < 4.78 is 0. The molecule has 0 unspecified atom stereocenters. The number of nitrogens with one attached hydrogen (secondary N) is 1. The molecule has 3 rings (SSSR count). The number of aromatic nitrogens is 1. The van der Waals surface area contributed by atoms with Crippen molar-refractivity contribution in [1.82, 2.24) is 14.8 Å². The number of nitrogens with zero attached hydrogens (tertiary/aromatic N) is 3. The standard InChI is InChI=1S/C20H31ClN4O/c1-16-6-12-24(13-7-16)9-5-8-22-19-18(21)14-17(15-23-19)20(26)25-10-3-2-4-11-25/h14-16H,2-13H2,1H3,(H,22,23). The van der Waals surface area contributed by atoms with Gasteiger partial charge < -0.3 is 15.1 Å². The summed E-state index contributed by atoms with van der Waals surface area (Å²) in [6.07, 6.45) is 8.73. The van der Waals surface area contributed by atoms with Crippen molar-refractivity contribution in [3.63, 3.8) is 0 Å². The molecule has 1 aromatic heterocycles. The van der Waals surface area contributed by atoms with Crippen molar-refractivity contribution < 1.29 is 4.79 Å². The summed E-state index contributed by atoms with van der Waals surface area (Å²) in [5.74, 6) is 1.60. The van der Waals surface area contributed by atoms with E-state index in [-0.39, 0.29) is 5.91 Å². The van der Waals surface area contributed by atoms with Crippen molar-refractivity contribution in [2.75, 3.05) is 44.6 Å². The number of hydrogen-bond acceptors (Lipinski definition) is 4. The van der Waals surface area contributed by atoms with Crippen molar-refractivity contribution in [1.29, 1.82) is 0 Å². The second-order valence-corrected chi connectivity index (χ2v) is 8.12. The zero-order chi connectivity index (χ0) is 18.4. The predicted octanol–water partition coefficient (Wildman–Crippen LogP) is 3.90. The molecule has 26 heavy (non-hydrogen) atoms. The fraction of sp³-hybridized carbons (Fsp3) is 0.700. The van der Waals surface area contributed by atoms with Crippen LogP contribution in [-0.4, -0.2) is 60.0 Å². The Bertz CT molecular complexity index is 595. The van der Waals surface area contributed by atoms with Gasteiger partial charge in [-0.3, -0.25) is 4.79 Å². The van der Waals surface area contributed by atoms with E-state index in [1.165, 1.54) is 32.4 Å². The third-order valence-electron chi connectivity index (χ3n) is 5.55. The first-order valence-electron chi connectivity index (χ1n) is 10.0. The number of pyridine rings is 1. The lowest BCUT2D eigenvalue weighted by molar-refractivity contribution is 0.0724. The van der Waals surface area contributed by atoms with Gasteiger partial charge in [-0.25, -0.2) is 4.98 Å². The molecule has 2 aliphatic rings. The molecule has 144 valence electrons. The smallest absolute Gasteiger partial charge is 0.255 e. The molecule has 2 aliphatic heterocycles. The highest BCUT2D eigenvalue weighted by molar-refractivity contribution is 6.33. The van der Waals surface area contributed by atoms with Gasteiger partial charge in [0.25, 0.3) is 5.91 Å². The molecule has 0 radical (unpaired) electrons. The van der Waals surface area contributed by atoms with Gasteiger partial charge in [-0.2, -0.15) is 0 Å². The van der Waals surface area contributed by atoms with E-state index >= 15 is 0 Å². The third-order valence-corrected chi connectivity index (χ3v) is 5.84. The predicted molar refractivity (Wildman–Crippen MR) is 107 cm³/mol. The Morgan fingerprint density at radius 3 is 2.65 bits per heavy atom. The number of carbonyl (C=O) groups excluding carboxylic acids is 1. The second-order valence-electron chi connectivity index (χ2n) is 7.71. The van der Waals surface area contributed by atoms with Gasteiger partial charge in [-0.15, -0.1) is 0 Å². The molecule has 0 atom stereocenters. The number of anilines is 1. The van der Waals surface area contributed by atoms with Crippen LogP contribution in [0.5, 0.6) is 0 Å². The first-order valence-corrected chi connectivity index (χ1v) is 10.4. The Kier molecular flexibility index (Phi) is 7.15. The topological polar surface area (TPSA) is 48.5 Å². The molecule has 0 aliphatic carbocycles. The summed E-state index contributed by atoms with van der Waals surface area (Å²) in [6.45, 7) is 8.41. The number of carbonyl (C=O) groups is 1. The third kappa shape index (κ3) is 5.34. The van der Waals surface area contributed by atoms with Crippen LogP contribution in [0, 0.1) is 5.92 Å². The Morgan fingerprint density at radius 2 is 1.96 bits per heavy atom. The summed E-state index contributed by atoms with van der Waals surface area (Å²) in [4.78, 5) is 21.4. The molecule has 0 aromatic carbocycles. The normalized spacial score (nSPS) is 19.5. The van der Waals surface area contributed by atoms with Crippen LogP contribution in [0.25, 0.3) is 0 Å². The average molecular weight is 379 g/mol. The fourth-order valence-corrected chi connectivity index (χ4v) is 3.99. The summed E-state index contributed by atoms with van der Waals surface area (Å²) in [5, 5.41) is 3.84. The van der Waals surface area contributed by atoms with E-state index in [0.29, 0.717) is 16.4 Å². The molecular formula is C20H31ClN4O. The number of hydrogen-bond donors (Lipinski definition) is 1. The lowest BCUT2D eigenvalue weighted by Gasteiger charge is -2.30. The van der Waals surface area contributed by atoms with E-state index in [1.54, 1.807) is 12.3 Å². The van der Waals surface area contributed by atoms with Crippen LogP contribution in [0.15, 0.2) is 12.3 Å². The molecule has 6 heteroatoms. The number of likely N-dealkylation sites (tertiary alicyclic amines) is 2. The molecule has 1 N–H and O–H groups in total. The van der Waals surface area contributed by atoms with E-state index in [1.807, 2.05) is 4.90 Å². The molecule has 1 aromatic rings. The maximum Gasteiger partial charge on any atom is 0.255 e. The van der Waals surface area contributed by atoms with Crippen molar-refractivity contribution in [3.05, 3.63) is 22.8 Å². The second kappa shape index (κ2) is 9.56. The molecule has 0 spiro atoms. The zero-order valence-corrected chi connectivity index (χ0v) is 16.6. The van der Waals surface area contributed by atoms with Crippen LogP contribution < -0.4 is 5.32 Å². The van der Waals surface area contributed by atoms with E-state index in [9.17, 15) is 4.79 Å². The summed E-state index contributed by atoms with van der Waals surface area (Å²) >= 11 is 6.35. The SMILES string of the molecule is CC1CCN(CCCNc2ncc(C(=O)N3CCCCC3)cc2Cl)CC1. The zero-order valence-electron chi connectivity index (χ0n) is 15.8. The van der Waals surface area contributed by atoms with Crippen LogP contribution in [0.1, 0.15) is 55.8 Å². The monoisotopic (exact) mass is 378 g/mol. The maximum atomic E-state index is 12.5. The number of amides is 1. The highest BCUT2D eigenvalue weighted by Crippen LogP contribution is 2.22. The molecule has 3 heterocycles. The Morgan fingerprint density at radius 1 is 1.23 bits per heavy atom. The van der Waals surface area contributed by atoms with Crippen LogP contribution in [0.3, 0.4) is 0 Å².